The van der Waals surface area contributed by atoms with Gasteiger partial charge in [-0.2, -0.15) is 0 Å². The molecule has 9 heteroatoms. The molecule has 0 aliphatic carbocycles. The van der Waals surface area contributed by atoms with E-state index < -0.39 is 0 Å². The zero-order valence-electron chi connectivity index (χ0n) is 19.9. The minimum atomic E-state index is 0.0926. The molecule has 2 unspecified atom stereocenters. The first kappa shape index (κ1) is 26.1. The highest BCUT2D eigenvalue weighted by molar-refractivity contribution is 8.14. The Balaban J connectivity index is 1.11. The average molecular weight is 536 g/mol. The maximum Gasteiger partial charge on any atom is 0.220 e. The second-order valence-corrected chi connectivity index (χ2v) is 11.3. The largest absolute Gasteiger partial charge is 0.494 e. The number of thioether (sulfide) groups is 1. The van der Waals surface area contributed by atoms with Gasteiger partial charge < -0.3 is 15.8 Å². The van der Waals surface area contributed by atoms with Crippen LogP contribution >= 0.6 is 35.0 Å². The van der Waals surface area contributed by atoms with Crippen molar-refractivity contribution in [2.75, 3.05) is 19.7 Å². The highest BCUT2D eigenvalue weighted by Crippen LogP contribution is 2.36. The molecule has 0 radical (unpaired) electrons. The number of nitrogens with zero attached hydrogens (tertiary/aromatic N) is 2. The zero-order chi connectivity index (χ0) is 24.8. The van der Waals surface area contributed by atoms with Crippen LogP contribution in [0.4, 0.5) is 0 Å². The van der Waals surface area contributed by atoms with Crippen molar-refractivity contribution in [2.45, 2.75) is 56.5 Å². The van der Waals surface area contributed by atoms with Gasteiger partial charge in [0, 0.05) is 37.3 Å². The molecule has 2 aromatic rings. The molecule has 35 heavy (non-hydrogen) atoms. The number of rotatable bonds is 9. The Morgan fingerprint density at radius 1 is 1.17 bits per heavy atom. The van der Waals surface area contributed by atoms with Gasteiger partial charge in [0.05, 0.1) is 22.7 Å². The smallest absolute Gasteiger partial charge is 0.220 e. The van der Waals surface area contributed by atoms with Crippen LogP contribution in [0.15, 0.2) is 47.5 Å². The molecular formula is C26H32Cl2N4O2S. The summed E-state index contributed by atoms with van der Waals surface area (Å²) in [6, 6.07) is 14.1. The molecule has 3 N–H and O–H groups in total. The first-order chi connectivity index (χ1) is 16.9. The number of carbonyl (C=O) groups is 1. The number of halogens is 2. The fraction of sp³-hybridized carbons (Fsp3) is 0.462. The summed E-state index contributed by atoms with van der Waals surface area (Å²) in [6.07, 6.45) is 3.04. The van der Waals surface area contributed by atoms with Crippen LogP contribution in [0.5, 0.6) is 5.75 Å². The molecule has 1 amide bonds. The zero-order valence-corrected chi connectivity index (χ0v) is 22.2. The molecule has 1 saturated heterocycles. The topological polar surface area (TPSA) is 80.0 Å². The number of hydrogen-bond acceptors (Lipinski definition) is 6. The lowest BCUT2D eigenvalue weighted by molar-refractivity contribution is -0.122. The minimum Gasteiger partial charge on any atom is -0.494 e. The van der Waals surface area contributed by atoms with E-state index in [0.29, 0.717) is 39.9 Å². The number of ether oxygens (including phenoxy) is 1. The molecule has 2 heterocycles. The summed E-state index contributed by atoms with van der Waals surface area (Å²) in [5.41, 5.74) is 8.13. The van der Waals surface area contributed by atoms with Gasteiger partial charge >= 0.3 is 0 Å². The Morgan fingerprint density at radius 3 is 2.57 bits per heavy atom. The van der Waals surface area contributed by atoms with Gasteiger partial charge in [-0.25, -0.2) is 0 Å². The monoisotopic (exact) mass is 534 g/mol. The van der Waals surface area contributed by atoms with E-state index in [1.807, 2.05) is 42.5 Å². The molecular weight excluding hydrogens is 503 g/mol. The van der Waals surface area contributed by atoms with Gasteiger partial charge in [0.25, 0.3) is 0 Å². The van der Waals surface area contributed by atoms with Crippen molar-refractivity contribution in [1.82, 2.24) is 10.2 Å². The van der Waals surface area contributed by atoms with Crippen LogP contribution in [-0.4, -0.2) is 47.0 Å². The van der Waals surface area contributed by atoms with Crippen molar-refractivity contribution in [3.05, 3.63) is 63.6 Å². The predicted octanol–water partition coefficient (Wildman–Crippen LogP) is 5.42. The van der Waals surface area contributed by atoms with E-state index in [4.69, 9.17) is 33.7 Å². The molecule has 188 valence electrons. The van der Waals surface area contributed by atoms with E-state index in [2.05, 4.69) is 22.1 Å². The Labute approximate surface area is 221 Å². The van der Waals surface area contributed by atoms with Crippen molar-refractivity contribution in [3.63, 3.8) is 0 Å². The fourth-order valence-electron chi connectivity index (χ4n) is 4.49. The molecule has 2 aromatic carbocycles. The van der Waals surface area contributed by atoms with Crippen molar-refractivity contribution in [3.8, 4) is 5.75 Å². The number of piperidine rings is 1. The first-order valence-electron chi connectivity index (χ1n) is 12.1. The molecule has 0 spiro atoms. The summed E-state index contributed by atoms with van der Waals surface area (Å²) in [4.78, 5) is 19.3. The Morgan fingerprint density at radius 2 is 1.91 bits per heavy atom. The van der Waals surface area contributed by atoms with Gasteiger partial charge in [-0.15, -0.1) is 0 Å². The Kier molecular flexibility index (Phi) is 9.22. The predicted molar refractivity (Wildman–Crippen MR) is 145 cm³/mol. The van der Waals surface area contributed by atoms with Crippen molar-refractivity contribution < 1.29 is 9.53 Å². The van der Waals surface area contributed by atoms with Crippen LogP contribution in [0.1, 0.15) is 49.8 Å². The lowest BCUT2D eigenvalue weighted by atomic mass is 10.0. The Hall–Kier alpha value is -1.93. The van der Waals surface area contributed by atoms with Gasteiger partial charge in [-0.05, 0) is 54.7 Å². The number of carbonyl (C=O) groups excluding carboxylic acids is 1. The average Bonchev–Trinajstić information content (AvgIpc) is 3.18. The summed E-state index contributed by atoms with van der Waals surface area (Å²) in [6.45, 7) is 5.38. The maximum absolute atomic E-state index is 12.4. The number of nitrogens with two attached hydrogens (primary N) is 1. The molecule has 1 fully saturated rings. The number of nitrogens with one attached hydrogen (secondary N) is 1. The van der Waals surface area contributed by atoms with Gasteiger partial charge in [0.2, 0.25) is 5.91 Å². The van der Waals surface area contributed by atoms with Crippen LogP contribution < -0.4 is 15.8 Å². The van der Waals surface area contributed by atoms with Crippen LogP contribution in [0.3, 0.4) is 0 Å². The van der Waals surface area contributed by atoms with E-state index in [9.17, 15) is 4.79 Å². The quantitative estimate of drug-likeness (QED) is 0.419. The van der Waals surface area contributed by atoms with E-state index in [0.717, 1.165) is 49.4 Å². The van der Waals surface area contributed by atoms with Crippen molar-refractivity contribution in [1.29, 1.82) is 0 Å². The molecule has 0 saturated carbocycles. The molecule has 0 bridgehead atoms. The summed E-state index contributed by atoms with van der Waals surface area (Å²) < 4.78 is 5.83. The summed E-state index contributed by atoms with van der Waals surface area (Å²) in [5, 5.41) is 5.34. The van der Waals surface area contributed by atoms with Crippen LogP contribution in [0.25, 0.3) is 0 Å². The van der Waals surface area contributed by atoms with Crippen LogP contribution in [0, 0.1) is 0 Å². The van der Waals surface area contributed by atoms with Gasteiger partial charge in [-0.1, -0.05) is 60.1 Å². The van der Waals surface area contributed by atoms with Crippen LogP contribution in [0.2, 0.25) is 10.0 Å². The van der Waals surface area contributed by atoms with Gasteiger partial charge in [0.1, 0.15) is 5.75 Å². The van der Waals surface area contributed by atoms with Crippen molar-refractivity contribution in [2.24, 2.45) is 10.7 Å². The van der Waals surface area contributed by atoms with Gasteiger partial charge in [-0.3, -0.25) is 14.7 Å². The number of benzene rings is 2. The standard InChI is InChI=1S/C26H32Cl2N4O2S/c1-17-25(31-26(29)35-17)19-5-7-21(8-6-19)34-14-2-3-24(33)30-20-10-12-32(13-11-20)16-18-4-9-22(27)23(28)15-18/h4-9,15,17,20,25H,2-3,10-14,16H2,1H3,(H2,29,31)(H,30,33). The minimum absolute atomic E-state index is 0.0926. The third kappa shape index (κ3) is 7.53. The molecule has 4 rings (SSSR count). The fourth-order valence-corrected chi connectivity index (χ4v) is 5.71. The summed E-state index contributed by atoms with van der Waals surface area (Å²) in [5.74, 6) is 0.897. The highest BCUT2D eigenvalue weighted by Gasteiger charge is 2.26. The first-order valence-corrected chi connectivity index (χ1v) is 13.7. The molecule has 2 atom stereocenters. The molecule has 2 aliphatic rings. The molecule has 0 aromatic heterocycles. The third-order valence-corrected chi connectivity index (χ3v) is 8.11. The summed E-state index contributed by atoms with van der Waals surface area (Å²) in [7, 11) is 0. The number of likely N-dealkylation sites (tertiary alicyclic amines) is 1. The second-order valence-electron chi connectivity index (χ2n) is 9.12. The lowest BCUT2D eigenvalue weighted by Crippen LogP contribution is -2.44. The van der Waals surface area contributed by atoms with E-state index in [-0.39, 0.29) is 18.0 Å². The summed E-state index contributed by atoms with van der Waals surface area (Å²) >= 11 is 13.7. The SMILES string of the molecule is CC1SC(N)=NC1c1ccc(OCCCC(=O)NC2CCN(Cc3ccc(Cl)c(Cl)c3)CC2)cc1. The van der Waals surface area contributed by atoms with Gasteiger partial charge in [0.15, 0.2) is 5.17 Å². The van der Waals surface area contributed by atoms with E-state index in [1.165, 1.54) is 0 Å². The maximum atomic E-state index is 12.4. The van der Waals surface area contributed by atoms with Crippen LogP contribution in [-0.2, 0) is 11.3 Å². The number of aliphatic imine (C=N–C) groups is 1. The van der Waals surface area contributed by atoms with E-state index >= 15 is 0 Å². The highest BCUT2D eigenvalue weighted by atomic mass is 35.5. The van der Waals surface area contributed by atoms with E-state index in [1.54, 1.807) is 11.8 Å². The number of amidine groups is 1. The molecule has 2 aliphatic heterocycles. The van der Waals surface area contributed by atoms with Crippen molar-refractivity contribution >= 4 is 46.0 Å². The number of hydrogen-bond donors (Lipinski definition) is 2. The molecule has 6 nitrogen and oxygen atoms in total. The number of amides is 1. The second kappa shape index (κ2) is 12.3. The Bertz CT molecular complexity index is 1040. The third-order valence-electron chi connectivity index (χ3n) is 6.40. The normalized spacial score (nSPS) is 21.1. The lowest BCUT2D eigenvalue weighted by Gasteiger charge is -2.32.